The molecule has 0 aliphatic heterocycles. The van der Waals surface area contributed by atoms with Gasteiger partial charge in [-0.15, -0.1) is 14.8 Å². The number of aromatic nitrogens is 4. The number of nitrogens with zero attached hydrogens (tertiary/aromatic N) is 4. The van der Waals surface area contributed by atoms with Crippen molar-refractivity contribution in [3.8, 4) is 0 Å². The molecule has 2 rings (SSSR count). The van der Waals surface area contributed by atoms with Crippen molar-refractivity contribution < 1.29 is 14.3 Å². The van der Waals surface area contributed by atoms with Gasteiger partial charge in [-0.1, -0.05) is 11.6 Å². The average Bonchev–Trinajstić information content (AvgIpc) is 2.81. The summed E-state index contributed by atoms with van der Waals surface area (Å²) in [7, 11) is 0. The van der Waals surface area contributed by atoms with Crippen molar-refractivity contribution in [1.29, 1.82) is 0 Å². The van der Waals surface area contributed by atoms with E-state index in [9.17, 15) is 9.59 Å². The molecule has 0 saturated heterocycles. The molecule has 8 nitrogen and oxygen atoms in total. The highest BCUT2D eigenvalue weighted by Crippen LogP contribution is 2.09. The first-order valence-corrected chi connectivity index (χ1v) is 6.60. The molecule has 2 aromatic heterocycles. The molecule has 0 saturated carbocycles. The fourth-order valence-corrected chi connectivity index (χ4v) is 1.69. The summed E-state index contributed by atoms with van der Waals surface area (Å²) in [6, 6.07) is 3.12. The molecular weight excluding hydrogens is 298 g/mol. The number of hydrogen-bond donors (Lipinski definition) is 1. The third-order valence-corrected chi connectivity index (χ3v) is 2.79. The van der Waals surface area contributed by atoms with E-state index in [-0.39, 0.29) is 17.6 Å². The van der Waals surface area contributed by atoms with E-state index in [2.05, 4.69) is 20.5 Å². The van der Waals surface area contributed by atoms with E-state index in [0.29, 0.717) is 5.65 Å². The van der Waals surface area contributed by atoms with Crippen molar-refractivity contribution in [3.63, 3.8) is 0 Å². The Balaban J connectivity index is 2.20. The average molecular weight is 312 g/mol. The second kappa shape index (κ2) is 5.65. The van der Waals surface area contributed by atoms with Gasteiger partial charge in [-0.25, -0.2) is 9.78 Å². The fourth-order valence-electron chi connectivity index (χ4n) is 1.56. The van der Waals surface area contributed by atoms with E-state index in [1.165, 1.54) is 19.9 Å². The van der Waals surface area contributed by atoms with Gasteiger partial charge in [0, 0.05) is 0 Å². The van der Waals surface area contributed by atoms with Crippen LogP contribution in [0.4, 0.5) is 0 Å². The van der Waals surface area contributed by atoms with Gasteiger partial charge in [-0.05, 0) is 32.9 Å². The summed E-state index contributed by atoms with van der Waals surface area (Å²) >= 11 is 5.73. The van der Waals surface area contributed by atoms with Gasteiger partial charge in [0.15, 0.2) is 10.8 Å². The van der Waals surface area contributed by atoms with E-state index >= 15 is 0 Å². The van der Waals surface area contributed by atoms with Crippen LogP contribution in [0.1, 0.15) is 31.4 Å². The predicted molar refractivity (Wildman–Crippen MR) is 74.0 cm³/mol. The van der Waals surface area contributed by atoms with E-state index in [1.54, 1.807) is 13.0 Å². The topological polar surface area (TPSA) is 98.5 Å². The molecule has 0 aliphatic rings. The molecule has 0 spiro atoms. The van der Waals surface area contributed by atoms with E-state index in [1.807, 2.05) is 0 Å². The van der Waals surface area contributed by atoms with Crippen molar-refractivity contribution >= 4 is 29.1 Å². The highest BCUT2D eigenvalue weighted by molar-refractivity contribution is 6.29. The molecule has 112 valence electrons. The first-order chi connectivity index (χ1) is 9.83. The van der Waals surface area contributed by atoms with Crippen LogP contribution in [0.25, 0.3) is 5.65 Å². The lowest BCUT2D eigenvalue weighted by molar-refractivity contribution is -0.149. The molecule has 0 aliphatic carbocycles. The van der Waals surface area contributed by atoms with Gasteiger partial charge < -0.3 is 10.1 Å². The second-order valence-electron chi connectivity index (χ2n) is 4.74. The number of esters is 1. The van der Waals surface area contributed by atoms with Crippen molar-refractivity contribution in [2.45, 2.75) is 26.3 Å². The van der Waals surface area contributed by atoms with Crippen LogP contribution in [0.5, 0.6) is 0 Å². The third-order valence-electron chi connectivity index (χ3n) is 2.59. The Bertz CT molecular complexity index is 697. The molecule has 9 heteroatoms. The zero-order valence-corrected chi connectivity index (χ0v) is 12.5. The normalized spacial score (nSPS) is 11.4. The minimum Gasteiger partial charge on any atom is -0.464 e. The molecule has 2 aromatic rings. The Labute approximate surface area is 125 Å². The third kappa shape index (κ3) is 3.27. The van der Waals surface area contributed by atoms with Crippen molar-refractivity contribution in [2.75, 3.05) is 6.61 Å². The SMILES string of the molecule is CCOC(=O)C(C)(C)NC(=O)c1nc2ccc(Cl)nn2n1. The zero-order valence-electron chi connectivity index (χ0n) is 11.8. The van der Waals surface area contributed by atoms with Crippen LogP contribution in [0, 0.1) is 0 Å². The lowest BCUT2D eigenvalue weighted by Gasteiger charge is -2.22. The summed E-state index contributed by atoms with van der Waals surface area (Å²) < 4.78 is 6.04. The van der Waals surface area contributed by atoms with Crippen molar-refractivity contribution in [1.82, 2.24) is 25.1 Å². The number of nitrogens with one attached hydrogen (secondary N) is 1. The minimum atomic E-state index is -1.18. The van der Waals surface area contributed by atoms with Gasteiger partial charge in [0.25, 0.3) is 5.91 Å². The number of halogens is 1. The maximum Gasteiger partial charge on any atom is 0.331 e. The van der Waals surface area contributed by atoms with Crippen LogP contribution in [-0.2, 0) is 9.53 Å². The summed E-state index contributed by atoms with van der Waals surface area (Å²) in [6.07, 6.45) is 0. The zero-order chi connectivity index (χ0) is 15.6. The standard InChI is InChI=1S/C12H14ClN5O3/c1-4-21-11(20)12(2,3)15-10(19)9-14-8-6-5-7(13)16-18(8)17-9/h5-6H,4H2,1-3H3,(H,15,19). The number of carbonyl (C=O) groups is 2. The number of carbonyl (C=O) groups excluding carboxylic acids is 2. The largest absolute Gasteiger partial charge is 0.464 e. The van der Waals surface area contributed by atoms with Crippen LogP contribution >= 0.6 is 11.6 Å². The summed E-state index contributed by atoms with van der Waals surface area (Å²) in [5.41, 5.74) is -0.811. The molecule has 0 unspecified atom stereocenters. The van der Waals surface area contributed by atoms with Crippen LogP contribution in [-0.4, -0.2) is 43.8 Å². The first kappa shape index (κ1) is 15.2. The number of ether oxygens (including phenoxy) is 1. The lowest BCUT2D eigenvalue weighted by atomic mass is 10.1. The molecule has 21 heavy (non-hydrogen) atoms. The Hall–Kier alpha value is -2.22. The Kier molecular flexibility index (Phi) is 4.08. The predicted octanol–water partition coefficient (Wildman–Crippen LogP) is 0.849. The van der Waals surface area contributed by atoms with Gasteiger partial charge in [0.2, 0.25) is 5.82 Å². The van der Waals surface area contributed by atoms with Crippen molar-refractivity contribution in [3.05, 3.63) is 23.1 Å². The van der Waals surface area contributed by atoms with Gasteiger partial charge in [0.1, 0.15) is 5.54 Å². The van der Waals surface area contributed by atoms with E-state index < -0.39 is 17.4 Å². The minimum absolute atomic E-state index is 0.109. The van der Waals surface area contributed by atoms with Crippen LogP contribution < -0.4 is 5.32 Å². The highest BCUT2D eigenvalue weighted by Gasteiger charge is 2.32. The number of hydrogen-bond acceptors (Lipinski definition) is 6. The molecule has 1 amide bonds. The van der Waals surface area contributed by atoms with E-state index in [0.717, 1.165) is 4.63 Å². The molecule has 0 atom stereocenters. The Morgan fingerprint density at radius 1 is 1.38 bits per heavy atom. The van der Waals surface area contributed by atoms with Gasteiger partial charge in [0.05, 0.1) is 6.61 Å². The molecule has 2 heterocycles. The van der Waals surface area contributed by atoms with Crippen LogP contribution in [0.3, 0.4) is 0 Å². The lowest BCUT2D eigenvalue weighted by Crippen LogP contribution is -2.50. The maximum atomic E-state index is 12.1. The summed E-state index contributed by atoms with van der Waals surface area (Å²) in [6.45, 7) is 4.99. The molecule has 0 radical (unpaired) electrons. The quantitative estimate of drug-likeness (QED) is 0.840. The maximum absolute atomic E-state index is 12.1. The highest BCUT2D eigenvalue weighted by atomic mass is 35.5. The molecule has 0 fully saturated rings. The monoisotopic (exact) mass is 311 g/mol. The smallest absolute Gasteiger partial charge is 0.331 e. The summed E-state index contributed by atoms with van der Waals surface area (Å²) in [5.74, 6) is -1.25. The van der Waals surface area contributed by atoms with E-state index in [4.69, 9.17) is 16.3 Å². The molecule has 0 bridgehead atoms. The molecule has 0 aromatic carbocycles. The van der Waals surface area contributed by atoms with Crippen LogP contribution in [0.2, 0.25) is 5.15 Å². The fraction of sp³-hybridized carbons (Fsp3) is 0.417. The Morgan fingerprint density at radius 2 is 2.10 bits per heavy atom. The summed E-state index contributed by atoms with van der Waals surface area (Å²) in [4.78, 5) is 27.9. The molecule has 1 N–H and O–H groups in total. The summed E-state index contributed by atoms with van der Waals surface area (Å²) in [5, 5.41) is 10.5. The molecular formula is C12H14ClN5O3. The van der Waals surface area contributed by atoms with Crippen LogP contribution in [0.15, 0.2) is 12.1 Å². The van der Waals surface area contributed by atoms with Gasteiger partial charge in [-0.3, -0.25) is 4.79 Å². The first-order valence-electron chi connectivity index (χ1n) is 6.23. The van der Waals surface area contributed by atoms with Gasteiger partial charge >= 0.3 is 5.97 Å². The number of rotatable bonds is 4. The van der Waals surface area contributed by atoms with Crippen molar-refractivity contribution in [2.24, 2.45) is 0 Å². The van der Waals surface area contributed by atoms with Gasteiger partial charge in [-0.2, -0.15) is 0 Å². The Morgan fingerprint density at radius 3 is 2.76 bits per heavy atom. The second-order valence-corrected chi connectivity index (χ2v) is 5.13. The number of amides is 1. The number of fused-ring (bicyclic) bond motifs is 1.